The quantitative estimate of drug-likeness (QED) is 0.625. The van der Waals surface area contributed by atoms with Crippen molar-refractivity contribution in [3.05, 3.63) is 68.7 Å². The van der Waals surface area contributed by atoms with Crippen LogP contribution in [0, 0.1) is 10.1 Å². The van der Waals surface area contributed by atoms with Crippen molar-refractivity contribution in [2.75, 3.05) is 7.11 Å². The summed E-state index contributed by atoms with van der Waals surface area (Å²) in [6.45, 7) is 0. The number of ether oxygens (including phenoxy) is 1. The largest absolute Gasteiger partial charge is 0.490 e. The summed E-state index contributed by atoms with van der Waals surface area (Å²) in [4.78, 5) is 34.1. The summed E-state index contributed by atoms with van der Waals surface area (Å²) >= 11 is 5.76. The maximum absolute atomic E-state index is 12.0. The molecule has 0 saturated heterocycles. The second kappa shape index (κ2) is 8.11. The van der Waals surface area contributed by atoms with Crippen LogP contribution >= 0.6 is 11.6 Å². The Hall–Kier alpha value is -3.13. The van der Waals surface area contributed by atoms with Gasteiger partial charge in [-0.25, -0.2) is 0 Å². The third-order valence-electron chi connectivity index (χ3n) is 3.23. The second-order valence-electron chi connectivity index (χ2n) is 4.95. The van der Waals surface area contributed by atoms with Crippen LogP contribution in [0.1, 0.15) is 15.9 Å². The lowest BCUT2D eigenvalue weighted by molar-refractivity contribution is -0.385. The lowest BCUT2D eigenvalue weighted by atomic mass is 10.1. The number of benzene rings is 2. The van der Waals surface area contributed by atoms with E-state index in [-0.39, 0.29) is 23.4 Å². The Kier molecular flexibility index (Phi) is 5.91. The number of nitrogens with one attached hydrogen (secondary N) is 2. The van der Waals surface area contributed by atoms with Gasteiger partial charge >= 0.3 is 5.69 Å². The predicted molar refractivity (Wildman–Crippen MR) is 90.4 cm³/mol. The molecule has 0 aromatic heterocycles. The topological polar surface area (TPSA) is 111 Å². The number of carbonyl (C=O) groups excluding carboxylic acids is 2. The van der Waals surface area contributed by atoms with E-state index in [0.29, 0.717) is 5.02 Å². The van der Waals surface area contributed by atoms with Crippen molar-refractivity contribution >= 4 is 29.1 Å². The van der Waals surface area contributed by atoms with Crippen molar-refractivity contribution in [3.63, 3.8) is 0 Å². The van der Waals surface area contributed by atoms with Gasteiger partial charge in [0.2, 0.25) is 5.91 Å². The van der Waals surface area contributed by atoms with E-state index in [9.17, 15) is 19.7 Å². The van der Waals surface area contributed by atoms with Crippen molar-refractivity contribution in [3.8, 4) is 5.75 Å². The van der Waals surface area contributed by atoms with Crippen LogP contribution in [0.2, 0.25) is 5.02 Å². The molecule has 0 aliphatic rings. The van der Waals surface area contributed by atoms with Crippen molar-refractivity contribution in [1.82, 2.24) is 10.9 Å². The predicted octanol–water partition coefficient (Wildman–Crippen LogP) is 2.26. The molecule has 0 bridgehead atoms. The first-order chi connectivity index (χ1) is 11.9. The van der Waals surface area contributed by atoms with E-state index in [2.05, 4.69) is 10.9 Å². The summed E-state index contributed by atoms with van der Waals surface area (Å²) in [6, 6.07) is 10.4. The van der Waals surface area contributed by atoms with Crippen molar-refractivity contribution in [1.29, 1.82) is 0 Å². The Morgan fingerprint density at radius 2 is 1.84 bits per heavy atom. The Morgan fingerprint density at radius 1 is 1.16 bits per heavy atom. The number of rotatable bonds is 5. The van der Waals surface area contributed by atoms with Gasteiger partial charge in [0.15, 0.2) is 5.75 Å². The molecule has 2 aromatic rings. The first kappa shape index (κ1) is 18.2. The first-order valence-corrected chi connectivity index (χ1v) is 7.44. The van der Waals surface area contributed by atoms with E-state index < -0.39 is 16.7 Å². The Balaban J connectivity index is 1.97. The summed E-state index contributed by atoms with van der Waals surface area (Å²) in [5, 5.41) is 11.5. The molecule has 130 valence electrons. The van der Waals surface area contributed by atoms with E-state index in [1.165, 1.54) is 19.2 Å². The van der Waals surface area contributed by atoms with Crippen LogP contribution in [0.3, 0.4) is 0 Å². The molecule has 0 radical (unpaired) electrons. The van der Waals surface area contributed by atoms with Crippen molar-refractivity contribution in [2.24, 2.45) is 0 Å². The maximum Gasteiger partial charge on any atom is 0.311 e. The Labute approximate surface area is 147 Å². The van der Waals surface area contributed by atoms with Gasteiger partial charge in [-0.2, -0.15) is 0 Å². The molecule has 2 rings (SSSR count). The summed E-state index contributed by atoms with van der Waals surface area (Å²) in [5.74, 6) is -1.10. The molecule has 8 nitrogen and oxygen atoms in total. The zero-order valence-electron chi connectivity index (χ0n) is 13.1. The fourth-order valence-electron chi connectivity index (χ4n) is 2.00. The highest BCUT2D eigenvalue weighted by Gasteiger charge is 2.18. The molecule has 9 heteroatoms. The molecule has 0 saturated carbocycles. The lowest BCUT2D eigenvalue weighted by Gasteiger charge is -2.08. The number of nitrogens with zero attached hydrogens (tertiary/aromatic N) is 1. The van der Waals surface area contributed by atoms with Gasteiger partial charge in [-0.15, -0.1) is 0 Å². The Bertz CT molecular complexity index is 808. The first-order valence-electron chi connectivity index (χ1n) is 7.06. The Morgan fingerprint density at radius 3 is 2.44 bits per heavy atom. The molecule has 0 aliphatic carbocycles. The average Bonchev–Trinajstić information content (AvgIpc) is 2.61. The van der Waals surface area contributed by atoms with Crippen LogP contribution in [0.5, 0.6) is 5.75 Å². The molecule has 2 aromatic carbocycles. The molecule has 0 aliphatic heterocycles. The zero-order chi connectivity index (χ0) is 18.4. The number of nitro groups is 1. The number of hydrogen-bond acceptors (Lipinski definition) is 5. The van der Waals surface area contributed by atoms with Gasteiger partial charge in [-0.1, -0.05) is 23.7 Å². The highest BCUT2D eigenvalue weighted by Crippen LogP contribution is 2.27. The fourth-order valence-corrected chi connectivity index (χ4v) is 2.13. The summed E-state index contributed by atoms with van der Waals surface area (Å²) in [7, 11) is 1.29. The third-order valence-corrected chi connectivity index (χ3v) is 3.48. The summed E-state index contributed by atoms with van der Waals surface area (Å²) in [5.41, 5.74) is 4.84. The number of hydrazine groups is 1. The van der Waals surface area contributed by atoms with E-state index >= 15 is 0 Å². The van der Waals surface area contributed by atoms with Gasteiger partial charge in [0.1, 0.15) is 0 Å². The third kappa shape index (κ3) is 4.92. The minimum absolute atomic E-state index is 0.0132. The molecule has 2 N–H and O–H groups in total. The van der Waals surface area contributed by atoms with Crippen LogP contribution in [-0.2, 0) is 11.2 Å². The van der Waals surface area contributed by atoms with E-state index in [1.807, 2.05) is 0 Å². The summed E-state index contributed by atoms with van der Waals surface area (Å²) in [6.07, 6.45) is 0.0419. The number of halogens is 1. The van der Waals surface area contributed by atoms with Gasteiger partial charge in [0, 0.05) is 16.7 Å². The van der Waals surface area contributed by atoms with Crippen LogP contribution in [0.25, 0.3) is 0 Å². The normalized spacial score (nSPS) is 10.0. The van der Waals surface area contributed by atoms with Gasteiger partial charge in [-0.05, 0) is 29.8 Å². The van der Waals surface area contributed by atoms with Gasteiger partial charge < -0.3 is 4.74 Å². The van der Waals surface area contributed by atoms with Crippen molar-refractivity contribution in [2.45, 2.75) is 6.42 Å². The van der Waals surface area contributed by atoms with Crippen LogP contribution < -0.4 is 15.6 Å². The van der Waals surface area contributed by atoms with Crippen LogP contribution in [0.15, 0.2) is 42.5 Å². The van der Waals surface area contributed by atoms with Gasteiger partial charge in [0.05, 0.1) is 18.5 Å². The van der Waals surface area contributed by atoms with Crippen LogP contribution in [-0.4, -0.2) is 23.8 Å². The molecule has 2 amide bonds. The molecule has 25 heavy (non-hydrogen) atoms. The van der Waals surface area contributed by atoms with Gasteiger partial charge in [0.25, 0.3) is 5.91 Å². The molecule has 0 spiro atoms. The standard InChI is InChI=1S/C16H14ClN3O5/c1-25-14-7-4-11(9-13(14)20(23)24)16(22)19-18-15(21)8-10-2-5-12(17)6-3-10/h2-7,9H,8H2,1H3,(H,18,21)(H,19,22). The van der Waals surface area contributed by atoms with E-state index in [0.717, 1.165) is 11.6 Å². The number of carbonyl (C=O) groups is 2. The van der Waals surface area contributed by atoms with Gasteiger partial charge in [-0.3, -0.25) is 30.6 Å². The van der Waals surface area contributed by atoms with E-state index in [1.54, 1.807) is 24.3 Å². The zero-order valence-corrected chi connectivity index (χ0v) is 13.9. The SMILES string of the molecule is COc1ccc(C(=O)NNC(=O)Cc2ccc(Cl)cc2)cc1[N+](=O)[O-]. The average molecular weight is 364 g/mol. The van der Waals surface area contributed by atoms with E-state index in [4.69, 9.17) is 16.3 Å². The smallest absolute Gasteiger partial charge is 0.311 e. The number of nitro benzene ring substituents is 1. The number of hydrogen-bond donors (Lipinski definition) is 2. The number of methoxy groups -OCH3 is 1. The molecule has 0 heterocycles. The molecule has 0 atom stereocenters. The highest BCUT2D eigenvalue weighted by atomic mass is 35.5. The fraction of sp³-hybridized carbons (Fsp3) is 0.125. The number of amides is 2. The minimum Gasteiger partial charge on any atom is -0.490 e. The maximum atomic E-state index is 12.0. The molecular weight excluding hydrogens is 350 g/mol. The molecule has 0 fully saturated rings. The monoisotopic (exact) mass is 363 g/mol. The second-order valence-corrected chi connectivity index (χ2v) is 5.39. The lowest BCUT2D eigenvalue weighted by Crippen LogP contribution is -2.42. The highest BCUT2D eigenvalue weighted by molar-refractivity contribution is 6.30. The van der Waals surface area contributed by atoms with Crippen LogP contribution in [0.4, 0.5) is 5.69 Å². The van der Waals surface area contributed by atoms with Crippen molar-refractivity contribution < 1.29 is 19.2 Å². The molecular formula is C16H14ClN3O5. The molecule has 0 unspecified atom stereocenters. The summed E-state index contributed by atoms with van der Waals surface area (Å²) < 4.78 is 4.86. The minimum atomic E-state index is -0.685.